The van der Waals surface area contributed by atoms with Gasteiger partial charge in [0.1, 0.15) is 5.02 Å². The third-order valence-electron chi connectivity index (χ3n) is 3.76. The summed E-state index contributed by atoms with van der Waals surface area (Å²) < 4.78 is 1.46. The Hall–Kier alpha value is -1.07. The fourth-order valence-corrected chi connectivity index (χ4v) is 3.07. The van der Waals surface area contributed by atoms with Crippen molar-refractivity contribution in [2.45, 2.75) is 46.2 Å². The van der Waals surface area contributed by atoms with Crippen molar-refractivity contribution >= 4 is 17.3 Å². The highest BCUT2D eigenvalue weighted by Crippen LogP contribution is 2.24. The Morgan fingerprint density at radius 2 is 2.29 bits per heavy atom. The van der Waals surface area contributed by atoms with Gasteiger partial charge in [-0.25, -0.2) is 4.68 Å². The summed E-state index contributed by atoms with van der Waals surface area (Å²) in [7, 11) is 0. The number of hydrogen-bond acceptors (Lipinski definition) is 4. The molecule has 1 aliphatic heterocycles. The highest BCUT2D eigenvalue weighted by molar-refractivity contribution is 6.33. The monoisotopic (exact) mass is 312 g/mol. The molecule has 1 unspecified atom stereocenters. The molecule has 1 fully saturated rings. The molecule has 1 atom stereocenters. The molecule has 0 spiro atoms. The van der Waals surface area contributed by atoms with E-state index in [0.29, 0.717) is 23.5 Å². The van der Waals surface area contributed by atoms with Crippen LogP contribution in [0.3, 0.4) is 0 Å². The average Bonchev–Trinajstić information content (AvgIpc) is 2.44. The molecule has 1 saturated heterocycles. The Balaban J connectivity index is 2.20. The van der Waals surface area contributed by atoms with Crippen molar-refractivity contribution in [3.05, 3.63) is 21.6 Å². The summed E-state index contributed by atoms with van der Waals surface area (Å²) in [5.41, 5.74) is 0.581. The molecule has 5 nitrogen and oxygen atoms in total. The van der Waals surface area contributed by atoms with Crippen molar-refractivity contribution in [1.82, 2.24) is 15.1 Å². The van der Waals surface area contributed by atoms with Gasteiger partial charge in [-0.15, -0.1) is 0 Å². The quantitative estimate of drug-likeness (QED) is 0.905. The molecule has 21 heavy (non-hydrogen) atoms. The molecule has 0 bridgehead atoms. The van der Waals surface area contributed by atoms with Gasteiger partial charge in [-0.3, -0.25) is 4.79 Å². The summed E-state index contributed by atoms with van der Waals surface area (Å²) in [6.45, 7) is 9.59. The van der Waals surface area contributed by atoms with Crippen LogP contribution >= 0.6 is 11.6 Å². The minimum Gasteiger partial charge on any atom is -0.367 e. The molecular weight excluding hydrogens is 288 g/mol. The Labute approximate surface area is 131 Å². The number of nitrogens with zero attached hydrogens (tertiary/aromatic N) is 3. The number of halogens is 1. The molecule has 2 rings (SSSR count). The van der Waals surface area contributed by atoms with Crippen LogP contribution in [-0.4, -0.2) is 35.5 Å². The summed E-state index contributed by atoms with van der Waals surface area (Å²) in [6, 6.07) is 0.456. The standard InChI is InChI=1S/C15H25ClN4O/c1-4-17-12-6-5-7-19(10-12)13-8-18-20(9-11(2)3)15(21)14(13)16/h8,11-12,17H,4-7,9-10H2,1-3H3. The van der Waals surface area contributed by atoms with Crippen LogP contribution in [0.15, 0.2) is 11.0 Å². The van der Waals surface area contributed by atoms with E-state index in [-0.39, 0.29) is 5.56 Å². The molecule has 2 heterocycles. The summed E-state index contributed by atoms with van der Waals surface area (Å²) in [5.74, 6) is 0.366. The van der Waals surface area contributed by atoms with E-state index in [1.54, 1.807) is 6.20 Å². The Morgan fingerprint density at radius 3 is 2.95 bits per heavy atom. The normalized spacial score (nSPS) is 19.3. The van der Waals surface area contributed by atoms with E-state index in [9.17, 15) is 4.79 Å². The second kappa shape index (κ2) is 7.27. The molecule has 6 heteroatoms. The third kappa shape index (κ3) is 3.98. The maximum absolute atomic E-state index is 12.3. The Morgan fingerprint density at radius 1 is 1.52 bits per heavy atom. The Kier molecular flexibility index (Phi) is 5.65. The van der Waals surface area contributed by atoms with Crippen molar-refractivity contribution in [3.63, 3.8) is 0 Å². The number of anilines is 1. The average molecular weight is 313 g/mol. The molecular formula is C15H25ClN4O. The van der Waals surface area contributed by atoms with Gasteiger partial charge >= 0.3 is 0 Å². The van der Waals surface area contributed by atoms with Crippen LogP contribution < -0.4 is 15.8 Å². The summed E-state index contributed by atoms with van der Waals surface area (Å²) >= 11 is 6.30. The van der Waals surface area contributed by atoms with E-state index < -0.39 is 0 Å². The van der Waals surface area contributed by atoms with Crippen LogP contribution in [0.4, 0.5) is 5.69 Å². The van der Waals surface area contributed by atoms with E-state index in [1.807, 2.05) is 0 Å². The maximum atomic E-state index is 12.3. The molecule has 118 valence electrons. The second-order valence-corrected chi connectivity index (χ2v) is 6.45. The highest BCUT2D eigenvalue weighted by atomic mass is 35.5. The zero-order valence-electron chi connectivity index (χ0n) is 13.1. The number of piperidine rings is 1. The van der Waals surface area contributed by atoms with Crippen molar-refractivity contribution < 1.29 is 0 Å². The lowest BCUT2D eigenvalue weighted by Gasteiger charge is -2.34. The predicted molar refractivity (Wildman–Crippen MR) is 87.3 cm³/mol. The number of likely N-dealkylation sites (N-methyl/N-ethyl adjacent to an activating group) is 1. The fraction of sp³-hybridized carbons (Fsp3) is 0.733. The lowest BCUT2D eigenvalue weighted by molar-refractivity contribution is 0.429. The predicted octanol–water partition coefficient (Wildman–Crippen LogP) is 2.13. The first-order chi connectivity index (χ1) is 10.0. The first-order valence-corrected chi connectivity index (χ1v) is 8.14. The molecule has 1 aromatic heterocycles. The lowest BCUT2D eigenvalue weighted by atomic mass is 10.1. The van der Waals surface area contributed by atoms with Crippen molar-refractivity contribution in [1.29, 1.82) is 0 Å². The van der Waals surface area contributed by atoms with Crippen molar-refractivity contribution in [2.75, 3.05) is 24.5 Å². The van der Waals surface area contributed by atoms with Gasteiger partial charge in [-0.05, 0) is 25.3 Å². The maximum Gasteiger partial charge on any atom is 0.287 e. The fourth-order valence-electron chi connectivity index (χ4n) is 2.80. The largest absolute Gasteiger partial charge is 0.367 e. The van der Waals surface area contributed by atoms with Crippen LogP contribution in [0, 0.1) is 5.92 Å². The van der Waals surface area contributed by atoms with Gasteiger partial charge in [0, 0.05) is 25.7 Å². The van der Waals surface area contributed by atoms with Crippen molar-refractivity contribution in [3.8, 4) is 0 Å². The summed E-state index contributed by atoms with van der Waals surface area (Å²) in [6.07, 6.45) is 4.00. The van der Waals surface area contributed by atoms with E-state index in [1.165, 1.54) is 11.1 Å². The Bertz CT molecular complexity index is 527. The zero-order valence-corrected chi connectivity index (χ0v) is 13.9. The van der Waals surface area contributed by atoms with Gasteiger partial charge in [-0.1, -0.05) is 32.4 Å². The third-order valence-corrected chi connectivity index (χ3v) is 4.11. The van der Waals surface area contributed by atoms with Crippen LogP contribution in [0.25, 0.3) is 0 Å². The van der Waals surface area contributed by atoms with Crippen LogP contribution in [0.2, 0.25) is 5.02 Å². The number of nitrogens with one attached hydrogen (secondary N) is 1. The van der Waals surface area contributed by atoms with Gasteiger partial charge in [0.2, 0.25) is 0 Å². The minimum absolute atomic E-state index is 0.187. The van der Waals surface area contributed by atoms with Gasteiger partial charge in [0.25, 0.3) is 5.56 Å². The second-order valence-electron chi connectivity index (χ2n) is 6.07. The molecule has 1 N–H and O–H groups in total. The SMILES string of the molecule is CCNC1CCCN(c2cnn(CC(C)C)c(=O)c2Cl)C1. The first-order valence-electron chi connectivity index (χ1n) is 7.76. The minimum atomic E-state index is -0.187. The first kappa shape index (κ1) is 16.3. The van der Waals surface area contributed by atoms with Crippen LogP contribution in [-0.2, 0) is 6.54 Å². The lowest BCUT2D eigenvalue weighted by Crippen LogP contribution is -2.46. The van der Waals surface area contributed by atoms with Gasteiger partial charge in [0.15, 0.2) is 0 Å². The number of rotatable bonds is 5. The van der Waals surface area contributed by atoms with Gasteiger partial charge in [0.05, 0.1) is 11.9 Å². The zero-order chi connectivity index (χ0) is 15.4. The van der Waals surface area contributed by atoms with Crippen LogP contribution in [0.1, 0.15) is 33.6 Å². The topological polar surface area (TPSA) is 50.2 Å². The van der Waals surface area contributed by atoms with Gasteiger partial charge in [-0.2, -0.15) is 5.10 Å². The highest BCUT2D eigenvalue weighted by Gasteiger charge is 2.22. The summed E-state index contributed by atoms with van der Waals surface area (Å²) in [4.78, 5) is 14.5. The van der Waals surface area contributed by atoms with Gasteiger partial charge < -0.3 is 10.2 Å². The molecule has 0 radical (unpaired) electrons. The molecule has 0 amide bonds. The molecule has 1 aromatic rings. The van der Waals surface area contributed by atoms with Crippen molar-refractivity contribution in [2.24, 2.45) is 5.92 Å². The number of aromatic nitrogens is 2. The smallest absolute Gasteiger partial charge is 0.287 e. The van der Waals surface area contributed by atoms with E-state index in [4.69, 9.17) is 11.6 Å². The van der Waals surface area contributed by atoms with E-state index >= 15 is 0 Å². The number of hydrogen-bond donors (Lipinski definition) is 1. The van der Waals surface area contributed by atoms with E-state index in [2.05, 4.69) is 36.1 Å². The van der Waals surface area contributed by atoms with E-state index in [0.717, 1.165) is 31.7 Å². The molecule has 1 aliphatic rings. The summed E-state index contributed by atoms with van der Waals surface area (Å²) in [5, 5.41) is 8.04. The molecule has 0 saturated carbocycles. The molecule has 0 aliphatic carbocycles. The van der Waals surface area contributed by atoms with Crippen LogP contribution in [0.5, 0.6) is 0 Å². The molecule has 0 aromatic carbocycles.